The summed E-state index contributed by atoms with van der Waals surface area (Å²) in [4.78, 5) is 28.4. The molecule has 10 heteroatoms. The average molecular weight is 439 g/mol. The third-order valence-electron chi connectivity index (χ3n) is 5.30. The van der Waals surface area contributed by atoms with Crippen LogP contribution in [0.5, 0.6) is 5.75 Å². The highest BCUT2D eigenvalue weighted by Gasteiger charge is 2.38. The van der Waals surface area contributed by atoms with Crippen molar-refractivity contribution in [2.45, 2.75) is 26.9 Å². The number of anilines is 1. The molecule has 0 unspecified atom stereocenters. The van der Waals surface area contributed by atoms with E-state index in [-0.39, 0.29) is 19.0 Å². The Hall–Kier alpha value is -3.66. The zero-order chi connectivity index (χ0) is 22.7. The van der Waals surface area contributed by atoms with Gasteiger partial charge >= 0.3 is 6.03 Å². The van der Waals surface area contributed by atoms with Crippen LogP contribution in [0.2, 0.25) is 0 Å². The monoisotopic (exact) mass is 439 g/mol. The van der Waals surface area contributed by atoms with E-state index in [0.29, 0.717) is 37.0 Å². The fourth-order valence-corrected chi connectivity index (χ4v) is 3.59. The first kappa shape index (κ1) is 21.6. The van der Waals surface area contributed by atoms with Crippen molar-refractivity contribution in [2.75, 3.05) is 31.8 Å². The second-order valence-corrected chi connectivity index (χ2v) is 7.52. The molecule has 0 radical (unpaired) electrons. The Morgan fingerprint density at radius 3 is 2.69 bits per heavy atom. The summed E-state index contributed by atoms with van der Waals surface area (Å²) < 4.78 is 17.6. The van der Waals surface area contributed by atoms with E-state index in [2.05, 4.69) is 10.3 Å². The molecule has 10 nitrogen and oxygen atoms in total. The molecule has 1 saturated heterocycles. The number of methoxy groups -OCH3 is 1. The van der Waals surface area contributed by atoms with Crippen molar-refractivity contribution in [2.24, 2.45) is 0 Å². The Balaban J connectivity index is 1.47. The SMILES string of the molecule is COCCOc1ccccc1CN1CC(=O)N(c2cnn(Cc3c(C)noc3C)c2)C1=O. The van der Waals surface area contributed by atoms with Crippen molar-refractivity contribution in [3.05, 3.63) is 59.2 Å². The first-order chi connectivity index (χ1) is 15.5. The van der Waals surface area contributed by atoms with E-state index in [4.69, 9.17) is 14.0 Å². The Morgan fingerprint density at radius 1 is 1.12 bits per heavy atom. The summed E-state index contributed by atoms with van der Waals surface area (Å²) in [5.74, 6) is 1.07. The minimum atomic E-state index is -0.390. The van der Waals surface area contributed by atoms with Gasteiger partial charge in [0.1, 0.15) is 24.7 Å². The summed E-state index contributed by atoms with van der Waals surface area (Å²) in [6, 6.07) is 7.06. The highest BCUT2D eigenvalue weighted by molar-refractivity contribution is 6.19. The Labute approximate surface area is 185 Å². The molecule has 32 heavy (non-hydrogen) atoms. The smallest absolute Gasteiger partial charge is 0.332 e. The number of aryl methyl sites for hydroxylation is 2. The molecule has 3 aromatic rings. The summed E-state index contributed by atoms with van der Waals surface area (Å²) in [7, 11) is 1.61. The lowest BCUT2D eigenvalue weighted by Crippen LogP contribution is -2.32. The van der Waals surface area contributed by atoms with Gasteiger partial charge in [-0.3, -0.25) is 9.48 Å². The minimum absolute atomic E-state index is 0.0136. The molecule has 0 bridgehead atoms. The van der Waals surface area contributed by atoms with Crippen molar-refractivity contribution in [1.82, 2.24) is 19.8 Å². The summed E-state index contributed by atoms with van der Waals surface area (Å²) >= 11 is 0. The molecule has 168 valence electrons. The van der Waals surface area contributed by atoms with Crippen LogP contribution in [0.3, 0.4) is 0 Å². The normalized spacial score (nSPS) is 14.0. The molecule has 1 aromatic carbocycles. The number of imide groups is 1. The number of amides is 3. The van der Waals surface area contributed by atoms with Gasteiger partial charge in [0.2, 0.25) is 0 Å². The molecule has 0 saturated carbocycles. The molecule has 2 aromatic heterocycles. The van der Waals surface area contributed by atoms with Crippen LogP contribution in [0.25, 0.3) is 0 Å². The summed E-state index contributed by atoms with van der Waals surface area (Å²) in [5.41, 5.74) is 2.95. The maximum atomic E-state index is 13.0. The zero-order valence-electron chi connectivity index (χ0n) is 18.3. The Morgan fingerprint density at radius 2 is 1.94 bits per heavy atom. The number of carbonyl (C=O) groups is 2. The van der Waals surface area contributed by atoms with E-state index in [1.54, 1.807) is 18.0 Å². The molecule has 3 amide bonds. The van der Waals surface area contributed by atoms with Crippen molar-refractivity contribution >= 4 is 17.6 Å². The number of benzene rings is 1. The van der Waals surface area contributed by atoms with Gasteiger partial charge in [-0.05, 0) is 19.9 Å². The van der Waals surface area contributed by atoms with E-state index in [1.807, 2.05) is 38.1 Å². The lowest BCUT2D eigenvalue weighted by Gasteiger charge is -2.18. The van der Waals surface area contributed by atoms with Crippen LogP contribution in [-0.4, -0.2) is 58.6 Å². The average Bonchev–Trinajstić information content (AvgIpc) is 3.44. The van der Waals surface area contributed by atoms with Crippen LogP contribution in [0.15, 0.2) is 41.2 Å². The van der Waals surface area contributed by atoms with Gasteiger partial charge in [-0.2, -0.15) is 5.10 Å². The predicted molar refractivity (Wildman–Crippen MR) is 114 cm³/mol. The van der Waals surface area contributed by atoms with Crippen LogP contribution >= 0.6 is 0 Å². The maximum absolute atomic E-state index is 13.0. The van der Waals surface area contributed by atoms with E-state index >= 15 is 0 Å². The molecular formula is C22H25N5O5. The molecule has 1 aliphatic heterocycles. The summed E-state index contributed by atoms with van der Waals surface area (Å²) in [6.45, 7) is 5.24. The van der Waals surface area contributed by atoms with Crippen molar-refractivity contribution in [3.8, 4) is 5.75 Å². The number of hydrogen-bond acceptors (Lipinski definition) is 7. The number of carbonyl (C=O) groups excluding carboxylic acids is 2. The third-order valence-corrected chi connectivity index (χ3v) is 5.30. The van der Waals surface area contributed by atoms with Crippen LogP contribution in [0, 0.1) is 13.8 Å². The van der Waals surface area contributed by atoms with E-state index in [1.165, 1.54) is 11.1 Å². The van der Waals surface area contributed by atoms with Crippen molar-refractivity contribution < 1.29 is 23.6 Å². The van der Waals surface area contributed by atoms with Crippen LogP contribution < -0.4 is 9.64 Å². The lowest BCUT2D eigenvalue weighted by molar-refractivity contribution is -0.116. The Kier molecular flexibility index (Phi) is 6.22. The number of nitrogens with zero attached hydrogens (tertiary/aromatic N) is 5. The van der Waals surface area contributed by atoms with Gasteiger partial charge < -0.3 is 18.9 Å². The second kappa shape index (κ2) is 9.23. The molecule has 0 atom stereocenters. The van der Waals surface area contributed by atoms with Crippen LogP contribution in [0.4, 0.5) is 10.5 Å². The van der Waals surface area contributed by atoms with Gasteiger partial charge in [-0.1, -0.05) is 23.4 Å². The van der Waals surface area contributed by atoms with Crippen molar-refractivity contribution in [3.63, 3.8) is 0 Å². The minimum Gasteiger partial charge on any atom is -0.491 e. The largest absolute Gasteiger partial charge is 0.491 e. The first-order valence-electron chi connectivity index (χ1n) is 10.2. The van der Waals surface area contributed by atoms with Gasteiger partial charge in [0.25, 0.3) is 5.91 Å². The van der Waals surface area contributed by atoms with E-state index in [9.17, 15) is 9.59 Å². The quantitative estimate of drug-likeness (QED) is 0.373. The van der Waals surface area contributed by atoms with Crippen LogP contribution in [-0.2, 0) is 22.6 Å². The highest BCUT2D eigenvalue weighted by Crippen LogP contribution is 2.26. The molecular weight excluding hydrogens is 414 g/mol. The topological polar surface area (TPSA) is 103 Å². The number of rotatable bonds is 9. The molecule has 0 N–H and O–H groups in total. The van der Waals surface area contributed by atoms with E-state index in [0.717, 1.165) is 21.7 Å². The number of hydrogen-bond donors (Lipinski definition) is 0. The number of ether oxygens (including phenoxy) is 2. The summed E-state index contributed by atoms with van der Waals surface area (Å²) in [5, 5.41) is 8.24. The fraction of sp³-hybridized carbons (Fsp3) is 0.364. The zero-order valence-corrected chi connectivity index (χ0v) is 18.3. The van der Waals surface area contributed by atoms with Gasteiger partial charge in [0.15, 0.2) is 0 Å². The number of aromatic nitrogens is 3. The standard InChI is InChI=1S/C22H25N5O5/c1-15-19(16(2)32-24-15)13-26-12-18(10-23-26)27-21(28)14-25(22(27)29)11-17-6-4-5-7-20(17)31-9-8-30-3/h4-7,10,12H,8-9,11,13-14H2,1-3H3. The second-order valence-electron chi connectivity index (χ2n) is 7.52. The molecule has 1 fully saturated rings. The van der Waals surface area contributed by atoms with Crippen molar-refractivity contribution in [1.29, 1.82) is 0 Å². The Bertz CT molecular complexity index is 1100. The number of urea groups is 1. The third kappa shape index (κ3) is 4.35. The summed E-state index contributed by atoms with van der Waals surface area (Å²) in [6.07, 6.45) is 3.19. The van der Waals surface area contributed by atoms with Gasteiger partial charge in [0.05, 0.1) is 37.3 Å². The molecule has 0 aliphatic carbocycles. The van der Waals surface area contributed by atoms with Crippen LogP contribution in [0.1, 0.15) is 22.6 Å². The lowest BCUT2D eigenvalue weighted by atomic mass is 10.2. The van der Waals surface area contributed by atoms with Gasteiger partial charge in [0, 0.05) is 24.4 Å². The molecule has 4 rings (SSSR count). The van der Waals surface area contributed by atoms with Gasteiger partial charge in [-0.15, -0.1) is 0 Å². The van der Waals surface area contributed by atoms with Gasteiger partial charge in [-0.25, -0.2) is 9.69 Å². The van der Waals surface area contributed by atoms with E-state index < -0.39 is 6.03 Å². The first-order valence-corrected chi connectivity index (χ1v) is 10.2. The molecule has 0 spiro atoms. The number of para-hydroxylation sites is 1. The fourth-order valence-electron chi connectivity index (χ4n) is 3.59. The maximum Gasteiger partial charge on any atom is 0.332 e. The highest BCUT2D eigenvalue weighted by atomic mass is 16.5. The molecule has 1 aliphatic rings. The molecule has 3 heterocycles. The predicted octanol–water partition coefficient (Wildman–Crippen LogP) is 2.53.